The number of aliphatic carboxylic acids is 2. The van der Waals surface area contributed by atoms with Crippen LogP contribution >= 0.6 is 0 Å². The van der Waals surface area contributed by atoms with Gasteiger partial charge in [-0.2, -0.15) is 0 Å². The second-order valence-electron chi connectivity index (χ2n) is 4.55. The molecule has 0 spiro atoms. The van der Waals surface area contributed by atoms with Crippen molar-refractivity contribution in [3.8, 4) is 12.1 Å². The minimum atomic E-state index is -0.897. The third kappa shape index (κ3) is 13.9. The summed E-state index contributed by atoms with van der Waals surface area (Å²) in [6, 6.07) is 4.56. The van der Waals surface area contributed by atoms with E-state index in [0.29, 0.717) is 25.7 Å². The Morgan fingerprint density at radius 1 is 0.636 bits per heavy atom. The highest BCUT2D eigenvalue weighted by Gasteiger charge is 2.02. The molecule has 8 heteroatoms. The van der Waals surface area contributed by atoms with Gasteiger partial charge >= 0.3 is 11.9 Å². The van der Waals surface area contributed by atoms with E-state index in [-0.39, 0.29) is 37.5 Å². The van der Waals surface area contributed by atoms with Crippen molar-refractivity contribution in [3.05, 3.63) is 0 Å². The Kier molecular flexibility index (Phi) is 10.8. The number of rotatable bonds is 10. The molecular weight excluding hydrogens is 292 g/mol. The number of unbranched alkanes of at least 4 members (excludes halogenated alkanes) is 2. The Morgan fingerprint density at radius 2 is 0.955 bits per heavy atom. The zero-order valence-electron chi connectivity index (χ0n) is 12.2. The van der Waals surface area contributed by atoms with Crippen molar-refractivity contribution in [1.29, 1.82) is 0 Å². The van der Waals surface area contributed by atoms with Gasteiger partial charge in [0.05, 0.1) is 0 Å². The van der Waals surface area contributed by atoms with Gasteiger partial charge in [-0.1, -0.05) is 0 Å². The first-order valence-corrected chi connectivity index (χ1v) is 6.93. The molecule has 0 saturated carbocycles. The Labute approximate surface area is 128 Å². The minimum absolute atomic E-state index is 0.0247. The SMILES string of the molecule is O=C(O)CCCCC(=O)NC#CNC(=O)CCCCC(=O)O. The van der Waals surface area contributed by atoms with Crippen LogP contribution in [-0.4, -0.2) is 34.0 Å². The summed E-state index contributed by atoms with van der Waals surface area (Å²) >= 11 is 0. The number of nitrogens with one attached hydrogen (secondary N) is 2. The third-order valence-corrected chi connectivity index (χ3v) is 2.56. The summed E-state index contributed by atoms with van der Waals surface area (Å²) in [5, 5.41) is 21.4. The Hall–Kier alpha value is -2.56. The van der Waals surface area contributed by atoms with Gasteiger partial charge in [0.1, 0.15) is 0 Å². The fourth-order valence-electron chi connectivity index (χ4n) is 1.45. The standard InChI is InChI=1S/C14H20N2O6/c17-11(5-1-3-7-13(19)20)15-9-10-16-12(18)6-2-4-8-14(21)22/h1-8H2,(H,15,17)(H,16,18)(H,19,20)(H,21,22). The number of carboxylic acid groups (broad SMARTS) is 2. The van der Waals surface area contributed by atoms with Gasteiger partial charge in [0.25, 0.3) is 0 Å². The van der Waals surface area contributed by atoms with Crippen LogP contribution in [0, 0.1) is 12.1 Å². The molecule has 2 amide bonds. The van der Waals surface area contributed by atoms with E-state index < -0.39 is 11.9 Å². The van der Waals surface area contributed by atoms with Gasteiger partial charge in [-0.05, 0) is 25.7 Å². The topological polar surface area (TPSA) is 133 Å². The second-order valence-corrected chi connectivity index (χ2v) is 4.55. The average molecular weight is 312 g/mol. The minimum Gasteiger partial charge on any atom is -0.481 e. The number of carboxylic acids is 2. The normalized spacial score (nSPS) is 9.27. The van der Waals surface area contributed by atoms with Crippen molar-refractivity contribution in [2.45, 2.75) is 51.4 Å². The number of hydrogen-bond acceptors (Lipinski definition) is 4. The molecule has 0 rings (SSSR count). The maximum Gasteiger partial charge on any atom is 0.303 e. The summed E-state index contributed by atoms with van der Waals surface area (Å²) < 4.78 is 0. The summed E-state index contributed by atoms with van der Waals surface area (Å²) in [4.78, 5) is 43.1. The molecule has 0 aliphatic rings. The van der Waals surface area contributed by atoms with E-state index in [0.717, 1.165) is 0 Å². The molecule has 22 heavy (non-hydrogen) atoms. The summed E-state index contributed by atoms with van der Waals surface area (Å²) in [7, 11) is 0. The molecular formula is C14H20N2O6. The van der Waals surface area contributed by atoms with Crippen LogP contribution in [0.1, 0.15) is 51.4 Å². The van der Waals surface area contributed by atoms with Gasteiger partial charge in [0, 0.05) is 37.8 Å². The highest BCUT2D eigenvalue weighted by atomic mass is 16.4. The van der Waals surface area contributed by atoms with E-state index in [4.69, 9.17) is 10.2 Å². The molecule has 0 bridgehead atoms. The molecule has 0 fully saturated rings. The van der Waals surface area contributed by atoms with Gasteiger partial charge in [-0.15, -0.1) is 0 Å². The van der Waals surface area contributed by atoms with Crippen LogP contribution in [0.4, 0.5) is 0 Å². The smallest absolute Gasteiger partial charge is 0.303 e. The van der Waals surface area contributed by atoms with E-state index in [1.165, 1.54) is 0 Å². The van der Waals surface area contributed by atoms with E-state index in [9.17, 15) is 19.2 Å². The van der Waals surface area contributed by atoms with Crippen LogP contribution in [0.25, 0.3) is 0 Å². The van der Waals surface area contributed by atoms with Crippen molar-refractivity contribution in [3.63, 3.8) is 0 Å². The Balaban J connectivity index is 3.64. The molecule has 0 aliphatic carbocycles. The molecule has 4 N–H and O–H groups in total. The van der Waals surface area contributed by atoms with Crippen LogP contribution in [0.5, 0.6) is 0 Å². The predicted molar refractivity (Wildman–Crippen MR) is 76.3 cm³/mol. The van der Waals surface area contributed by atoms with Gasteiger partial charge in [0.15, 0.2) is 0 Å². The number of carbonyl (C=O) groups is 4. The fourth-order valence-corrected chi connectivity index (χ4v) is 1.45. The zero-order valence-corrected chi connectivity index (χ0v) is 12.2. The van der Waals surface area contributed by atoms with E-state index in [1.54, 1.807) is 0 Å². The number of carbonyl (C=O) groups excluding carboxylic acids is 2. The summed E-state index contributed by atoms with van der Waals surface area (Å²) in [5.41, 5.74) is 0. The largest absolute Gasteiger partial charge is 0.481 e. The molecule has 8 nitrogen and oxygen atoms in total. The summed E-state index contributed by atoms with van der Waals surface area (Å²) in [6.45, 7) is 0. The molecule has 0 aliphatic heterocycles. The first kappa shape index (κ1) is 19.4. The van der Waals surface area contributed by atoms with E-state index in [2.05, 4.69) is 22.7 Å². The molecule has 0 aromatic carbocycles. The molecule has 0 aromatic rings. The Bertz CT molecular complexity index is 424. The molecule has 0 atom stereocenters. The summed E-state index contributed by atoms with van der Waals surface area (Å²) in [6.07, 6.45) is 2.14. The lowest BCUT2D eigenvalue weighted by molar-refractivity contribution is -0.138. The van der Waals surface area contributed by atoms with Crippen LogP contribution in [0.2, 0.25) is 0 Å². The monoisotopic (exact) mass is 312 g/mol. The van der Waals surface area contributed by atoms with Crippen molar-refractivity contribution >= 4 is 23.8 Å². The predicted octanol–water partition coefficient (Wildman–Crippen LogP) is 0.427. The lowest BCUT2D eigenvalue weighted by Crippen LogP contribution is -2.21. The van der Waals surface area contributed by atoms with Crippen LogP contribution in [-0.2, 0) is 19.2 Å². The molecule has 0 saturated heterocycles. The van der Waals surface area contributed by atoms with Crippen LogP contribution in [0.3, 0.4) is 0 Å². The second kappa shape index (κ2) is 12.2. The van der Waals surface area contributed by atoms with Crippen LogP contribution in [0.15, 0.2) is 0 Å². The van der Waals surface area contributed by atoms with Crippen molar-refractivity contribution in [2.24, 2.45) is 0 Å². The van der Waals surface area contributed by atoms with E-state index >= 15 is 0 Å². The van der Waals surface area contributed by atoms with Crippen molar-refractivity contribution in [1.82, 2.24) is 10.6 Å². The molecule has 0 aromatic heterocycles. The van der Waals surface area contributed by atoms with Gasteiger partial charge < -0.3 is 10.2 Å². The maximum absolute atomic E-state index is 11.3. The quantitative estimate of drug-likeness (QED) is 0.263. The average Bonchev–Trinajstić information content (AvgIpc) is 2.44. The van der Waals surface area contributed by atoms with Gasteiger partial charge in [-0.25, -0.2) is 0 Å². The van der Waals surface area contributed by atoms with E-state index in [1.807, 2.05) is 0 Å². The third-order valence-electron chi connectivity index (χ3n) is 2.56. The Morgan fingerprint density at radius 3 is 1.27 bits per heavy atom. The molecule has 0 unspecified atom stereocenters. The highest BCUT2D eigenvalue weighted by Crippen LogP contribution is 2.00. The fraction of sp³-hybridized carbons (Fsp3) is 0.571. The van der Waals surface area contributed by atoms with Crippen LogP contribution < -0.4 is 10.6 Å². The lowest BCUT2D eigenvalue weighted by Gasteiger charge is -1.98. The molecule has 0 heterocycles. The lowest BCUT2D eigenvalue weighted by atomic mass is 10.2. The van der Waals surface area contributed by atoms with Crippen molar-refractivity contribution in [2.75, 3.05) is 0 Å². The first-order chi connectivity index (χ1) is 10.4. The maximum atomic E-state index is 11.3. The van der Waals surface area contributed by atoms with Gasteiger partial charge in [-0.3, -0.25) is 29.8 Å². The zero-order chi connectivity index (χ0) is 16.8. The highest BCUT2D eigenvalue weighted by molar-refractivity contribution is 5.79. The molecule has 122 valence electrons. The van der Waals surface area contributed by atoms with Crippen molar-refractivity contribution < 1.29 is 29.4 Å². The number of amides is 2. The molecule has 0 radical (unpaired) electrons. The number of hydrogen-bond donors (Lipinski definition) is 4. The first-order valence-electron chi connectivity index (χ1n) is 6.93. The summed E-state index contributed by atoms with van der Waals surface area (Å²) in [5.74, 6) is -2.47. The van der Waals surface area contributed by atoms with Gasteiger partial charge in [0.2, 0.25) is 11.8 Å².